The molecule has 0 saturated heterocycles. The van der Waals surface area contributed by atoms with Crippen molar-refractivity contribution in [1.29, 1.82) is 0 Å². The Balaban J connectivity index is 2.14. The van der Waals surface area contributed by atoms with Gasteiger partial charge in [-0.3, -0.25) is 0 Å². The molecule has 1 aromatic carbocycles. The number of oxime groups is 1. The number of benzene rings is 1. The maximum atomic E-state index is 8.72. The normalized spacial score (nSPS) is 15.8. The third-order valence-corrected chi connectivity index (χ3v) is 2.90. The fraction of sp³-hybridized carbons (Fsp3) is 0.462. The van der Waals surface area contributed by atoms with Crippen LogP contribution in [-0.4, -0.2) is 24.6 Å². The molecule has 0 radical (unpaired) electrons. The van der Waals surface area contributed by atoms with Gasteiger partial charge in [0.05, 0.1) is 19.4 Å². The van der Waals surface area contributed by atoms with E-state index >= 15 is 0 Å². The number of nitrogens with zero attached hydrogens (tertiary/aromatic N) is 1. The summed E-state index contributed by atoms with van der Waals surface area (Å²) < 4.78 is 11.0. The molecule has 0 heterocycles. The van der Waals surface area contributed by atoms with Crippen LogP contribution >= 0.6 is 0 Å². The van der Waals surface area contributed by atoms with Crippen LogP contribution in [0.1, 0.15) is 25.3 Å². The molecule has 1 aromatic rings. The number of methoxy groups -OCH3 is 1. The smallest absolute Gasteiger partial charge is 0.161 e. The molecule has 1 aliphatic rings. The lowest BCUT2D eigenvalue weighted by molar-refractivity contribution is 0.280. The molecule has 1 fully saturated rings. The van der Waals surface area contributed by atoms with Gasteiger partial charge in [-0.1, -0.05) is 5.16 Å². The molecule has 4 nitrogen and oxygen atoms in total. The van der Waals surface area contributed by atoms with Crippen molar-refractivity contribution in [3.8, 4) is 11.5 Å². The second-order valence-corrected chi connectivity index (χ2v) is 4.31. The van der Waals surface area contributed by atoms with Crippen LogP contribution in [0.5, 0.6) is 11.5 Å². The van der Waals surface area contributed by atoms with Gasteiger partial charge in [0, 0.05) is 5.56 Å². The minimum absolute atomic E-state index is 0.553. The summed E-state index contributed by atoms with van der Waals surface area (Å²) in [6.45, 7) is 2.49. The van der Waals surface area contributed by atoms with Crippen LogP contribution in [0.3, 0.4) is 0 Å². The molecule has 0 atom stereocenters. The predicted molar refractivity (Wildman–Crippen MR) is 65.2 cm³/mol. The molecular weight excluding hydrogens is 218 g/mol. The van der Waals surface area contributed by atoms with Crippen molar-refractivity contribution in [2.24, 2.45) is 11.1 Å². The van der Waals surface area contributed by atoms with Crippen molar-refractivity contribution in [2.45, 2.75) is 19.8 Å². The Morgan fingerprint density at radius 1 is 1.41 bits per heavy atom. The Morgan fingerprint density at radius 3 is 2.76 bits per heavy atom. The largest absolute Gasteiger partial charge is 0.493 e. The van der Waals surface area contributed by atoms with Gasteiger partial charge in [0.2, 0.25) is 0 Å². The van der Waals surface area contributed by atoms with Crippen LogP contribution in [0.15, 0.2) is 23.4 Å². The molecule has 92 valence electrons. The lowest BCUT2D eigenvalue weighted by atomic mass is 10.1. The zero-order chi connectivity index (χ0) is 12.3. The summed E-state index contributed by atoms with van der Waals surface area (Å²) >= 11 is 0. The van der Waals surface area contributed by atoms with Crippen LogP contribution in [0.4, 0.5) is 0 Å². The van der Waals surface area contributed by atoms with Crippen molar-refractivity contribution in [3.05, 3.63) is 23.8 Å². The summed E-state index contributed by atoms with van der Waals surface area (Å²) in [5.41, 5.74) is 1.38. The highest BCUT2D eigenvalue weighted by Gasteiger charge is 2.22. The quantitative estimate of drug-likeness (QED) is 0.485. The van der Waals surface area contributed by atoms with E-state index in [0.29, 0.717) is 17.4 Å². The molecule has 4 heteroatoms. The summed E-state index contributed by atoms with van der Waals surface area (Å²) in [6.07, 6.45) is 2.52. The van der Waals surface area contributed by atoms with Gasteiger partial charge in [-0.05, 0) is 43.9 Å². The summed E-state index contributed by atoms with van der Waals surface area (Å²) in [7, 11) is 1.61. The van der Waals surface area contributed by atoms with Crippen LogP contribution in [0.25, 0.3) is 0 Å². The van der Waals surface area contributed by atoms with E-state index in [4.69, 9.17) is 14.7 Å². The predicted octanol–water partition coefficient (Wildman–Crippen LogP) is 2.68. The standard InChI is InChI=1S/C13H17NO3/c1-9(14-15)11-5-6-12(13(7-11)16-2)17-8-10-3-4-10/h5-7,10,15H,3-4,8H2,1-2H3/b14-9+. The second kappa shape index (κ2) is 5.08. The zero-order valence-electron chi connectivity index (χ0n) is 10.1. The third-order valence-electron chi connectivity index (χ3n) is 2.90. The van der Waals surface area contributed by atoms with Gasteiger partial charge >= 0.3 is 0 Å². The second-order valence-electron chi connectivity index (χ2n) is 4.31. The number of ether oxygens (including phenoxy) is 2. The van der Waals surface area contributed by atoms with Gasteiger partial charge in [0.1, 0.15) is 0 Å². The first kappa shape index (κ1) is 11.8. The van der Waals surface area contributed by atoms with E-state index in [2.05, 4.69) is 5.16 Å². The molecule has 0 bridgehead atoms. The SMILES string of the molecule is COc1cc(/C(C)=N/O)ccc1OCC1CC1. The van der Waals surface area contributed by atoms with E-state index in [-0.39, 0.29) is 0 Å². The molecular formula is C13H17NO3. The molecule has 2 rings (SSSR count). The molecule has 17 heavy (non-hydrogen) atoms. The number of hydrogen-bond acceptors (Lipinski definition) is 4. The molecule has 0 aromatic heterocycles. The van der Waals surface area contributed by atoms with Crippen LogP contribution in [0.2, 0.25) is 0 Å². The van der Waals surface area contributed by atoms with Crippen LogP contribution in [-0.2, 0) is 0 Å². The van der Waals surface area contributed by atoms with Crippen molar-refractivity contribution in [1.82, 2.24) is 0 Å². The highest BCUT2D eigenvalue weighted by molar-refractivity contribution is 5.98. The molecule has 0 aliphatic heterocycles. The van der Waals surface area contributed by atoms with Crippen molar-refractivity contribution < 1.29 is 14.7 Å². The molecule has 1 saturated carbocycles. The topological polar surface area (TPSA) is 51.0 Å². The summed E-state index contributed by atoms with van der Waals surface area (Å²) in [6, 6.07) is 5.53. The average Bonchev–Trinajstić information content (AvgIpc) is 3.19. The Bertz CT molecular complexity index is 425. The van der Waals surface area contributed by atoms with E-state index < -0.39 is 0 Å². The Kier molecular flexibility index (Phi) is 3.52. The first-order valence-electron chi connectivity index (χ1n) is 5.74. The maximum Gasteiger partial charge on any atom is 0.161 e. The van der Waals surface area contributed by atoms with E-state index in [1.54, 1.807) is 14.0 Å². The average molecular weight is 235 g/mol. The van der Waals surface area contributed by atoms with Crippen molar-refractivity contribution in [2.75, 3.05) is 13.7 Å². The van der Waals surface area contributed by atoms with Crippen LogP contribution < -0.4 is 9.47 Å². The zero-order valence-corrected chi connectivity index (χ0v) is 10.1. The Hall–Kier alpha value is -1.71. The lowest BCUT2D eigenvalue weighted by Crippen LogP contribution is -2.02. The van der Waals surface area contributed by atoms with Crippen LogP contribution in [0, 0.1) is 5.92 Å². The fourth-order valence-electron chi connectivity index (χ4n) is 1.56. The summed E-state index contributed by atoms with van der Waals surface area (Å²) in [4.78, 5) is 0. The Labute approximate surface area is 101 Å². The fourth-order valence-corrected chi connectivity index (χ4v) is 1.56. The third kappa shape index (κ3) is 2.90. The Morgan fingerprint density at radius 2 is 2.18 bits per heavy atom. The number of rotatable bonds is 5. The first-order valence-corrected chi connectivity index (χ1v) is 5.74. The molecule has 1 N–H and O–H groups in total. The minimum Gasteiger partial charge on any atom is -0.493 e. The molecule has 0 amide bonds. The van der Waals surface area contributed by atoms with Gasteiger partial charge in [0.15, 0.2) is 11.5 Å². The summed E-state index contributed by atoms with van der Waals surface area (Å²) in [5.74, 6) is 2.13. The molecule has 1 aliphatic carbocycles. The van der Waals surface area contributed by atoms with E-state index in [1.807, 2.05) is 18.2 Å². The highest BCUT2D eigenvalue weighted by Crippen LogP contribution is 2.33. The van der Waals surface area contributed by atoms with E-state index in [0.717, 1.165) is 17.9 Å². The van der Waals surface area contributed by atoms with E-state index in [1.165, 1.54) is 12.8 Å². The van der Waals surface area contributed by atoms with Gasteiger partial charge in [-0.15, -0.1) is 0 Å². The van der Waals surface area contributed by atoms with Gasteiger partial charge < -0.3 is 14.7 Å². The van der Waals surface area contributed by atoms with Gasteiger partial charge in [0.25, 0.3) is 0 Å². The molecule has 0 unspecified atom stereocenters. The summed E-state index contributed by atoms with van der Waals surface area (Å²) in [5, 5.41) is 11.9. The monoisotopic (exact) mass is 235 g/mol. The van der Waals surface area contributed by atoms with Gasteiger partial charge in [-0.2, -0.15) is 0 Å². The maximum absolute atomic E-state index is 8.72. The first-order chi connectivity index (χ1) is 8.24. The lowest BCUT2D eigenvalue weighted by Gasteiger charge is -2.11. The van der Waals surface area contributed by atoms with Crippen molar-refractivity contribution in [3.63, 3.8) is 0 Å². The highest BCUT2D eigenvalue weighted by atomic mass is 16.5. The van der Waals surface area contributed by atoms with Gasteiger partial charge in [-0.25, -0.2) is 0 Å². The van der Waals surface area contributed by atoms with E-state index in [9.17, 15) is 0 Å². The van der Waals surface area contributed by atoms with Crippen molar-refractivity contribution >= 4 is 5.71 Å². The minimum atomic E-state index is 0.553. The molecule has 0 spiro atoms. The number of hydrogen-bond donors (Lipinski definition) is 1.